The largest absolute Gasteiger partial charge is 0.343 e. The molecule has 1 aromatic carbocycles. The third-order valence-corrected chi connectivity index (χ3v) is 5.11. The minimum atomic E-state index is -0.216. The molecule has 5 nitrogen and oxygen atoms in total. The van der Waals surface area contributed by atoms with Crippen molar-refractivity contribution in [2.75, 3.05) is 0 Å². The van der Waals surface area contributed by atoms with Crippen molar-refractivity contribution in [3.05, 3.63) is 44.8 Å². The Morgan fingerprint density at radius 3 is 2.60 bits per heavy atom. The van der Waals surface area contributed by atoms with Crippen LogP contribution in [0.1, 0.15) is 24.2 Å². The number of rotatable bonds is 5. The van der Waals surface area contributed by atoms with E-state index in [1.54, 1.807) is 7.05 Å². The van der Waals surface area contributed by atoms with Gasteiger partial charge in [0.15, 0.2) is 5.16 Å². The van der Waals surface area contributed by atoms with Crippen LogP contribution < -0.4 is 11.4 Å². The molecule has 2 atom stereocenters. The van der Waals surface area contributed by atoms with Gasteiger partial charge in [-0.2, -0.15) is 0 Å². The summed E-state index contributed by atoms with van der Waals surface area (Å²) in [6.07, 6.45) is 0.853. The quantitative estimate of drug-likeness (QED) is 0.806. The Balaban J connectivity index is 2.31. The van der Waals surface area contributed by atoms with E-state index in [0.717, 1.165) is 16.5 Å². The summed E-state index contributed by atoms with van der Waals surface area (Å²) in [5, 5.41) is 7.19. The SMILES string of the molecule is CCC(N)C(Sc1n[nH]c(=O)n1C)c1ccc(Br)cc1. The first kappa shape index (κ1) is 15.3. The van der Waals surface area contributed by atoms with Gasteiger partial charge in [0, 0.05) is 17.6 Å². The smallest absolute Gasteiger partial charge is 0.326 e. The molecule has 0 radical (unpaired) electrons. The first-order valence-corrected chi connectivity index (χ1v) is 7.99. The Hall–Kier alpha value is -1.05. The summed E-state index contributed by atoms with van der Waals surface area (Å²) >= 11 is 4.94. The zero-order valence-corrected chi connectivity index (χ0v) is 13.7. The van der Waals surface area contributed by atoms with Gasteiger partial charge in [0.05, 0.1) is 5.25 Å². The molecule has 0 amide bonds. The maximum atomic E-state index is 11.4. The average molecular weight is 357 g/mol. The van der Waals surface area contributed by atoms with Crippen LogP contribution in [0.5, 0.6) is 0 Å². The van der Waals surface area contributed by atoms with Crippen LogP contribution in [0.3, 0.4) is 0 Å². The maximum absolute atomic E-state index is 11.4. The number of H-pyrrole nitrogens is 1. The van der Waals surface area contributed by atoms with Crippen molar-refractivity contribution in [2.24, 2.45) is 12.8 Å². The molecule has 2 rings (SSSR count). The van der Waals surface area contributed by atoms with Gasteiger partial charge < -0.3 is 5.73 Å². The molecule has 0 saturated heterocycles. The molecule has 1 aromatic heterocycles. The minimum Gasteiger partial charge on any atom is -0.326 e. The van der Waals surface area contributed by atoms with E-state index in [1.165, 1.54) is 16.3 Å². The van der Waals surface area contributed by atoms with E-state index in [-0.39, 0.29) is 17.0 Å². The normalized spacial score (nSPS) is 14.2. The van der Waals surface area contributed by atoms with E-state index in [2.05, 4.69) is 33.1 Å². The number of aromatic nitrogens is 3. The molecular formula is C13H17BrN4OS. The van der Waals surface area contributed by atoms with Crippen LogP contribution in [-0.4, -0.2) is 20.8 Å². The molecule has 108 valence electrons. The number of nitrogens with one attached hydrogen (secondary N) is 1. The zero-order valence-electron chi connectivity index (χ0n) is 11.3. The number of nitrogens with two attached hydrogens (primary N) is 1. The highest BCUT2D eigenvalue weighted by atomic mass is 79.9. The van der Waals surface area contributed by atoms with Crippen molar-refractivity contribution in [1.29, 1.82) is 0 Å². The molecule has 0 fully saturated rings. The predicted molar refractivity (Wildman–Crippen MR) is 84.8 cm³/mol. The summed E-state index contributed by atoms with van der Waals surface area (Å²) < 4.78 is 2.53. The van der Waals surface area contributed by atoms with E-state index >= 15 is 0 Å². The predicted octanol–water partition coefficient (Wildman–Crippen LogP) is 2.44. The Labute approximate surface area is 130 Å². The van der Waals surface area contributed by atoms with Crippen LogP contribution >= 0.6 is 27.7 Å². The van der Waals surface area contributed by atoms with Gasteiger partial charge in [0.25, 0.3) is 0 Å². The van der Waals surface area contributed by atoms with Crippen molar-refractivity contribution < 1.29 is 0 Å². The highest BCUT2D eigenvalue weighted by molar-refractivity contribution is 9.10. The Morgan fingerprint density at radius 2 is 2.10 bits per heavy atom. The molecule has 0 spiro atoms. The van der Waals surface area contributed by atoms with Crippen LogP contribution in [0.25, 0.3) is 0 Å². The van der Waals surface area contributed by atoms with E-state index < -0.39 is 0 Å². The van der Waals surface area contributed by atoms with Crippen molar-refractivity contribution in [3.63, 3.8) is 0 Å². The Bertz CT molecular complexity index is 622. The lowest BCUT2D eigenvalue weighted by Crippen LogP contribution is -2.26. The summed E-state index contributed by atoms with van der Waals surface area (Å²) in [5.74, 6) is 0. The van der Waals surface area contributed by atoms with E-state index in [1.807, 2.05) is 24.3 Å². The molecule has 2 aromatic rings. The molecule has 0 saturated carbocycles. The standard InChI is InChI=1S/C13H17BrN4OS/c1-3-10(15)11(8-4-6-9(14)7-5-8)20-13-17-16-12(19)18(13)2/h4-7,10-11H,3,15H2,1-2H3,(H,16,19). The number of benzene rings is 1. The van der Waals surface area contributed by atoms with E-state index in [4.69, 9.17) is 5.73 Å². The lowest BCUT2D eigenvalue weighted by molar-refractivity contribution is 0.629. The third-order valence-electron chi connectivity index (χ3n) is 3.13. The molecule has 1 heterocycles. The molecule has 2 unspecified atom stereocenters. The number of hydrogen-bond acceptors (Lipinski definition) is 4. The highest BCUT2D eigenvalue weighted by Gasteiger charge is 2.22. The van der Waals surface area contributed by atoms with Crippen molar-refractivity contribution in [3.8, 4) is 0 Å². The fraction of sp³-hybridized carbons (Fsp3) is 0.385. The number of hydrogen-bond donors (Lipinski definition) is 2. The first-order valence-electron chi connectivity index (χ1n) is 6.32. The molecule has 0 bridgehead atoms. The fourth-order valence-electron chi connectivity index (χ4n) is 1.82. The second kappa shape index (κ2) is 6.60. The Kier molecular flexibility index (Phi) is 5.06. The van der Waals surface area contributed by atoms with Gasteiger partial charge in [0.1, 0.15) is 0 Å². The van der Waals surface area contributed by atoms with Gasteiger partial charge in [-0.15, -0.1) is 5.10 Å². The highest BCUT2D eigenvalue weighted by Crippen LogP contribution is 2.36. The monoisotopic (exact) mass is 356 g/mol. The third kappa shape index (κ3) is 3.34. The molecule has 20 heavy (non-hydrogen) atoms. The summed E-state index contributed by atoms with van der Waals surface area (Å²) in [6.45, 7) is 2.06. The molecule has 0 aliphatic rings. The molecule has 7 heteroatoms. The van der Waals surface area contributed by atoms with Gasteiger partial charge >= 0.3 is 5.69 Å². The van der Waals surface area contributed by atoms with Crippen LogP contribution in [0.4, 0.5) is 0 Å². The van der Waals surface area contributed by atoms with E-state index in [9.17, 15) is 4.79 Å². The van der Waals surface area contributed by atoms with Crippen molar-refractivity contribution >= 4 is 27.7 Å². The second-order valence-corrected chi connectivity index (χ2v) is 6.56. The second-order valence-electron chi connectivity index (χ2n) is 4.53. The Morgan fingerprint density at radius 1 is 1.45 bits per heavy atom. The van der Waals surface area contributed by atoms with Crippen LogP contribution in [0.15, 0.2) is 38.7 Å². The van der Waals surface area contributed by atoms with Crippen LogP contribution in [0, 0.1) is 0 Å². The molecule has 0 aliphatic carbocycles. The number of thioether (sulfide) groups is 1. The van der Waals surface area contributed by atoms with Gasteiger partial charge in [-0.3, -0.25) is 4.57 Å². The van der Waals surface area contributed by atoms with Crippen LogP contribution in [-0.2, 0) is 7.05 Å². The summed E-state index contributed by atoms with van der Waals surface area (Å²) in [4.78, 5) is 11.4. The fourth-order valence-corrected chi connectivity index (χ4v) is 3.31. The molecule has 0 aliphatic heterocycles. The van der Waals surface area contributed by atoms with Gasteiger partial charge in [-0.05, 0) is 24.1 Å². The molecule has 3 N–H and O–H groups in total. The zero-order chi connectivity index (χ0) is 14.7. The topological polar surface area (TPSA) is 76.7 Å². The maximum Gasteiger partial charge on any atom is 0.343 e. The van der Waals surface area contributed by atoms with Crippen molar-refractivity contribution in [1.82, 2.24) is 14.8 Å². The summed E-state index contributed by atoms with van der Waals surface area (Å²) in [5.41, 5.74) is 7.15. The summed E-state index contributed by atoms with van der Waals surface area (Å²) in [7, 11) is 1.70. The first-order chi connectivity index (χ1) is 9.52. The van der Waals surface area contributed by atoms with Gasteiger partial charge in [0.2, 0.25) is 0 Å². The van der Waals surface area contributed by atoms with Gasteiger partial charge in [-0.1, -0.05) is 46.7 Å². The van der Waals surface area contributed by atoms with Crippen LogP contribution in [0.2, 0.25) is 0 Å². The van der Waals surface area contributed by atoms with E-state index in [0.29, 0.717) is 5.16 Å². The van der Waals surface area contributed by atoms with Gasteiger partial charge in [-0.25, -0.2) is 9.89 Å². The lowest BCUT2D eigenvalue weighted by atomic mass is 10.0. The average Bonchev–Trinajstić information content (AvgIpc) is 2.77. The summed E-state index contributed by atoms with van der Waals surface area (Å²) in [6, 6.07) is 8.07. The van der Waals surface area contributed by atoms with Crippen molar-refractivity contribution in [2.45, 2.75) is 29.8 Å². The lowest BCUT2D eigenvalue weighted by Gasteiger charge is -2.22. The number of nitrogens with zero attached hydrogens (tertiary/aromatic N) is 2. The minimum absolute atomic E-state index is 0.00650. The number of aromatic amines is 1. The molecular weight excluding hydrogens is 340 g/mol. The number of halogens is 1.